The molecule has 0 atom stereocenters. The van der Waals surface area contributed by atoms with Crippen molar-refractivity contribution in [3.63, 3.8) is 0 Å². The fourth-order valence-electron chi connectivity index (χ4n) is 1.69. The summed E-state index contributed by atoms with van der Waals surface area (Å²) in [6.45, 7) is 9.09. The molecule has 0 fully saturated rings. The van der Waals surface area contributed by atoms with Crippen LogP contribution >= 0.6 is 0 Å². The maximum absolute atomic E-state index is 12.0. The normalized spacial score (nSPS) is 11.0. The van der Waals surface area contributed by atoms with Gasteiger partial charge in [0.2, 0.25) is 5.91 Å². The first-order chi connectivity index (χ1) is 8.32. The first kappa shape index (κ1) is 14.5. The van der Waals surface area contributed by atoms with Crippen molar-refractivity contribution in [2.45, 2.75) is 40.7 Å². The lowest BCUT2D eigenvalue weighted by molar-refractivity contribution is -0.130. The Kier molecular flexibility index (Phi) is 4.76. The van der Waals surface area contributed by atoms with Gasteiger partial charge in [0, 0.05) is 13.6 Å². The Hall–Kier alpha value is -1.52. The van der Waals surface area contributed by atoms with Crippen molar-refractivity contribution in [3.8, 4) is 0 Å². The molecule has 1 heterocycles. The van der Waals surface area contributed by atoms with E-state index in [1.54, 1.807) is 9.58 Å². The Morgan fingerprint density at radius 1 is 1.44 bits per heavy atom. The molecule has 1 amide bonds. The Bertz CT molecular complexity index is 423. The van der Waals surface area contributed by atoms with Gasteiger partial charge in [0.25, 0.3) is 0 Å². The summed E-state index contributed by atoms with van der Waals surface area (Å²) >= 11 is 0. The highest BCUT2D eigenvalue weighted by Crippen LogP contribution is 2.14. The summed E-state index contributed by atoms with van der Waals surface area (Å²) in [5, 5.41) is 4.27. The largest absolute Gasteiger partial charge is 0.396 e. The molecule has 1 rings (SSSR count). The number of anilines is 1. The van der Waals surface area contributed by atoms with Crippen LogP contribution in [0.3, 0.4) is 0 Å². The summed E-state index contributed by atoms with van der Waals surface area (Å²) in [6, 6.07) is 0. The monoisotopic (exact) mass is 252 g/mol. The van der Waals surface area contributed by atoms with Crippen molar-refractivity contribution >= 4 is 11.6 Å². The van der Waals surface area contributed by atoms with Crippen LogP contribution in [0.1, 0.15) is 31.7 Å². The van der Waals surface area contributed by atoms with Gasteiger partial charge in [-0.3, -0.25) is 9.48 Å². The Balaban J connectivity index is 2.61. The number of aryl methyl sites for hydroxylation is 1. The van der Waals surface area contributed by atoms with Crippen molar-refractivity contribution in [2.24, 2.45) is 5.92 Å². The number of carbonyl (C=O) groups is 1. The molecule has 1 aromatic rings. The van der Waals surface area contributed by atoms with Crippen LogP contribution in [-0.4, -0.2) is 34.2 Å². The predicted octanol–water partition coefficient (Wildman–Crippen LogP) is 1.59. The Morgan fingerprint density at radius 3 is 2.50 bits per heavy atom. The second-order valence-corrected chi connectivity index (χ2v) is 5.24. The molecule has 0 aliphatic heterocycles. The summed E-state index contributed by atoms with van der Waals surface area (Å²) in [6.07, 6.45) is 1.02. The van der Waals surface area contributed by atoms with Crippen LogP contribution in [0.15, 0.2) is 0 Å². The predicted molar refractivity (Wildman–Crippen MR) is 73.2 cm³/mol. The van der Waals surface area contributed by atoms with E-state index in [0.29, 0.717) is 11.6 Å². The van der Waals surface area contributed by atoms with Crippen LogP contribution in [0.5, 0.6) is 0 Å². The maximum Gasteiger partial charge on any atom is 0.244 e. The van der Waals surface area contributed by atoms with Gasteiger partial charge in [-0.1, -0.05) is 13.8 Å². The van der Waals surface area contributed by atoms with Crippen LogP contribution < -0.4 is 5.73 Å². The summed E-state index contributed by atoms with van der Waals surface area (Å²) in [4.78, 5) is 13.8. The van der Waals surface area contributed by atoms with E-state index in [0.717, 1.165) is 24.4 Å². The van der Waals surface area contributed by atoms with E-state index in [1.807, 2.05) is 20.9 Å². The molecule has 1 aromatic heterocycles. The molecule has 0 saturated carbocycles. The second kappa shape index (κ2) is 5.89. The highest BCUT2D eigenvalue weighted by molar-refractivity contribution is 5.75. The minimum absolute atomic E-state index is 0.0706. The summed E-state index contributed by atoms with van der Waals surface area (Å²) in [5.74, 6) is 0.672. The van der Waals surface area contributed by atoms with E-state index in [9.17, 15) is 4.79 Å². The minimum atomic E-state index is 0.0706. The lowest BCUT2D eigenvalue weighted by Crippen LogP contribution is -2.32. The molecular formula is C13H24N4O. The number of aromatic nitrogens is 2. The third-order valence-electron chi connectivity index (χ3n) is 3.19. The van der Waals surface area contributed by atoms with E-state index in [-0.39, 0.29) is 12.5 Å². The average molecular weight is 252 g/mol. The summed E-state index contributed by atoms with van der Waals surface area (Å²) in [5.41, 5.74) is 8.16. The molecule has 0 radical (unpaired) electrons. The van der Waals surface area contributed by atoms with Crippen molar-refractivity contribution in [2.75, 3.05) is 19.3 Å². The topological polar surface area (TPSA) is 64.2 Å². The van der Waals surface area contributed by atoms with E-state index >= 15 is 0 Å². The van der Waals surface area contributed by atoms with E-state index in [2.05, 4.69) is 18.9 Å². The van der Waals surface area contributed by atoms with Crippen molar-refractivity contribution in [1.29, 1.82) is 0 Å². The number of nitrogens with zero attached hydrogens (tertiary/aromatic N) is 3. The number of hydrogen-bond acceptors (Lipinski definition) is 3. The Labute approximate surface area is 109 Å². The smallest absolute Gasteiger partial charge is 0.244 e. The van der Waals surface area contributed by atoms with Crippen LogP contribution in [0.4, 0.5) is 5.69 Å². The number of amides is 1. The highest BCUT2D eigenvalue weighted by Gasteiger charge is 2.14. The van der Waals surface area contributed by atoms with Gasteiger partial charge in [0.15, 0.2) is 0 Å². The molecular weight excluding hydrogens is 228 g/mol. The first-order valence-corrected chi connectivity index (χ1v) is 6.36. The maximum atomic E-state index is 12.0. The number of nitrogens with two attached hydrogens (primary N) is 1. The fraction of sp³-hybridized carbons (Fsp3) is 0.692. The molecule has 0 aliphatic carbocycles. The molecule has 0 unspecified atom stereocenters. The van der Waals surface area contributed by atoms with Crippen LogP contribution in [0, 0.1) is 19.8 Å². The van der Waals surface area contributed by atoms with Crippen LogP contribution in [0.2, 0.25) is 0 Å². The van der Waals surface area contributed by atoms with Gasteiger partial charge in [-0.05, 0) is 26.2 Å². The standard InChI is InChI=1S/C13H24N4O/c1-9(2)6-7-16(5)12(18)8-17-11(4)13(14)10(3)15-17/h9H,6-8,14H2,1-5H3. The third kappa shape index (κ3) is 3.48. The molecule has 0 aromatic carbocycles. The molecule has 18 heavy (non-hydrogen) atoms. The van der Waals surface area contributed by atoms with Crippen molar-refractivity contribution in [1.82, 2.24) is 14.7 Å². The van der Waals surface area contributed by atoms with E-state index in [1.165, 1.54) is 0 Å². The van der Waals surface area contributed by atoms with Crippen molar-refractivity contribution in [3.05, 3.63) is 11.4 Å². The summed E-state index contributed by atoms with van der Waals surface area (Å²) < 4.78 is 1.68. The van der Waals surface area contributed by atoms with Gasteiger partial charge < -0.3 is 10.6 Å². The third-order valence-corrected chi connectivity index (χ3v) is 3.19. The molecule has 5 heteroatoms. The zero-order valence-corrected chi connectivity index (χ0v) is 12.0. The number of rotatable bonds is 5. The first-order valence-electron chi connectivity index (χ1n) is 6.36. The lowest BCUT2D eigenvalue weighted by atomic mass is 10.1. The molecule has 102 valence electrons. The van der Waals surface area contributed by atoms with Gasteiger partial charge in [-0.15, -0.1) is 0 Å². The molecule has 0 saturated heterocycles. The van der Waals surface area contributed by atoms with Crippen LogP contribution in [0.25, 0.3) is 0 Å². The molecule has 2 N–H and O–H groups in total. The van der Waals surface area contributed by atoms with E-state index < -0.39 is 0 Å². The van der Waals surface area contributed by atoms with Crippen LogP contribution in [-0.2, 0) is 11.3 Å². The van der Waals surface area contributed by atoms with Gasteiger partial charge in [-0.25, -0.2) is 0 Å². The average Bonchev–Trinajstić information content (AvgIpc) is 2.53. The summed E-state index contributed by atoms with van der Waals surface area (Å²) in [7, 11) is 1.83. The highest BCUT2D eigenvalue weighted by atomic mass is 16.2. The second-order valence-electron chi connectivity index (χ2n) is 5.24. The zero-order chi connectivity index (χ0) is 13.9. The molecule has 0 spiro atoms. The molecule has 5 nitrogen and oxygen atoms in total. The lowest BCUT2D eigenvalue weighted by Gasteiger charge is -2.18. The Morgan fingerprint density at radius 2 is 2.06 bits per heavy atom. The SMILES string of the molecule is Cc1nn(CC(=O)N(C)CCC(C)C)c(C)c1N. The molecule has 0 bridgehead atoms. The van der Waals surface area contributed by atoms with Gasteiger partial charge in [0.05, 0.1) is 17.1 Å². The quantitative estimate of drug-likeness (QED) is 0.865. The van der Waals surface area contributed by atoms with Crippen molar-refractivity contribution < 1.29 is 4.79 Å². The fourth-order valence-corrected chi connectivity index (χ4v) is 1.69. The van der Waals surface area contributed by atoms with E-state index in [4.69, 9.17) is 5.73 Å². The van der Waals surface area contributed by atoms with Gasteiger partial charge >= 0.3 is 0 Å². The zero-order valence-electron chi connectivity index (χ0n) is 12.0. The number of hydrogen-bond donors (Lipinski definition) is 1. The minimum Gasteiger partial charge on any atom is -0.396 e. The number of likely N-dealkylation sites (N-methyl/N-ethyl adjacent to an activating group) is 1. The molecule has 0 aliphatic rings. The van der Waals surface area contributed by atoms with Gasteiger partial charge in [-0.2, -0.15) is 5.10 Å². The number of nitrogen functional groups attached to an aromatic ring is 1. The van der Waals surface area contributed by atoms with Gasteiger partial charge in [0.1, 0.15) is 6.54 Å². The number of carbonyl (C=O) groups excluding carboxylic acids is 1.